The second-order valence-corrected chi connectivity index (χ2v) is 3.55. The Kier molecular flexibility index (Phi) is 6.09. The number of hydrogen-bond donors (Lipinski definition) is 2. The third-order valence-electron chi connectivity index (χ3n) is 2.13. The lowest BCUT2D eigenvalue weighted by Crippen LogP contribution is -2.32. The smallest absolute Gasteiger partial charge is 0.119 e. The molecule has 16 heavy (non-hydrogen) atoms. The first-order valence-electron chi connectivity index (χ1n) is 5.40. The second-order valence-electron chi connectivity index (χ2n) is 3.55. The van der Waals surface area contributed by atoms with E-state index in [0.29, 0.717) is 13.2 Å². The van der Waals surface area contributed by atoms with Gasteiger partial charge in [0.2, 0.25) is 0 Å². The van der Waals surface area contributed by atoms with Crippen LogP contribution in [-0.4, -0.2) is 25.7 Å². The summed E-state index contributed by atoms with van der Waals surface area (Å²) >= 11 is 0. The topological polar surface area (TPSA) is 47.3 Å². The highest BCUT2D eigenvalue weighted by Crippen LogP contribution is 2.08. The van der Waals surface area contributed by atoms with Crippen LogP contribution in [0.25, 0.3) is 0 Å². The van der Waals surface area contributed by atoms with Crippen molar-refractivity contribution in [2.75, 3.05) is 19.7 Å². The molecule has 3 N–H and O–H groups in total. The van der Waals surface area contributed by atoms with E-state index in [9.17, 15) is 0 Å². The maximum absolute atomic E-state index is 5.89. The van der Waals surface area contributed by atoms with Crippen LogP contribution in [0.3, 0.4) is 0 Å². The van der Waals surface area contributed by atoms with Crippen LogP contribution in [0.4, 0.5) is 0 Å². The van der Waals surface area contributed by atoms with Crippen molar-refractivity contribution in [2.24, 2.45) is 5.73 Å². The zero-order valence-electron chi connectivity index (χ0n) is 9.36. The fourth-order valence-corrected chi connectivity index (χ4v) is 1.25. The summed E-state index contributed by atoms with van der Waals surface area (Å²) < 4.78 is 5.53. The van der Waals surface area contributed by atoms with E-state index in [1.807, 2.05) is 30.3 Å². The number of rotatable bonds is 7. The minimum atomic E-state index is 0.0329. The molecule has 3 nitrogen and oxygen atoms in total. The number of terminal acetylenes is 1. The molecule has 0 amide bonds. The van der Waals surface area contributed by atoms with Gasteiger partial charge in [-0.1, -0.05) is 24.1 Å². The maximum atomic E-state index is 5.89. The molecule has 0 aliphatic heterocycles. The lowest BCUT2D eigenvalue weighted by Gasteiger charge is -2.13. The van der Waals surface area contributed by atoms with Gasteiger partial charge in [0.25, 0.3) is 0 Å². The van der Waals surface area contributed by atoms with E-state index < -0.39 is 0 Å². The van der Waals surface area contributed by atoms with Crippen LogP contribution in [0, 0.1) is 12.3 Å². The summed E-state index contributed by atoms with van der Waals surface area (Å²) in [7, 11) is 0. The molecule has 0 radical (unpaired) electrons. The fourth-order valence-electron chi connectivity index (χ4n) is 1.25. The van der Waals surface area contributed by atoms with Crippen LogP contribution in [0.1, 0.15) is 6.42 Å². The molecule has 1 rings (SSSR count). The van der Waals surface area contributed by atoms with Gasteiger partial charge in [0.05, 0.1) is 6.54 Å². The summed E-state index contributed by atoms with van der Waals surface area (Å²) in [4.78, 5) is 0. The van der Waals surface area contributed by atoms with Gasteiger partial charge in [-0.25, -0.2) is 0 Å². The van der Waals surface area contributed by atoms with Gasteiger partial charge in [0.15, 0.2) is 0 Å². The monoisotopic (exact) mass is 218 g/mol. The highest BCUT2D eigenvalue weighted by molar-refractivity contribution is 5.20. The zero-order valence-corrected chi connectivity index (χ0v) is 9.36. The molecule has 0 aliphatic carbocycles. The Bertz CT molecular complexity index is 318. The number of para-hydroxylation sites is 1. The maximum Gasteiger partial charge on any atom is 0.119 e. The van der Waals surface area contributed by atoms with Crippen molar-refractivity contribution in [3.05, 3.63) is 30.3 Å². The Hall–Kier alpha value is -1.50. The van der Waals surface area contributed by atoms with Crippen molar-refractivity contribution in [2.45, 2.75) is 12.5 Å². The van der Waals surface area contributed by atoms with Gasteiger partial charge >= 0.3 is 0 Å². The number of hydrogen-bond acceptors (Lipinski definition) is 3. The molecule has 1 unspecified atom stereocenters. The van der Waals surface area contributed by atoms with Crippen molar-refractivity contribution in [1.82, 2.24) is 5.32 Å². The molecule has 0 bridgehead atoms. The molecule has 1 aromatic rings. The molecule has 0 spiro atoms. The van der Waals surface area contributed by atoms with Crippen molar-refractivity contribution in [3.8, 4) is 18.1 Å². The Morgan fingerprint density at radius 3 is 2.81 bits per heavy atom. The van der Waals surface area contributed by atoms with E-state index in [2.05, 4.69) is 11.2 Å². The lowest BCUT2D eigenvalue weighted by molar-refractivity contribution is 0.281. The standard InChI is InChI=1S/C13H18N2O/c1-2-9-15-10-8-12(14)11-16-13-6-4-3-5-7-13/h1,3-7,12,15H,8-11,14H2. The van der Waals surface area contributed by atoms with E-state index in [1.54, 1.807) is 0 Å². The molecule has 0 saturated heterocycles. The number of benzene rings is 1. The van der Waals surface area contributed by atoms with E-state index in [4.69, 9.17) is 16.9 Å². The van der Waals surface area contributed by atoms with E-state index in [1.165, 1.54) is 0 Å². The number of ether oxygens (including phenoxy) is 1. The highest BCUT2D eigenvalue weighted by atomic mass is 16.5. The molecule has 3 heteroatoms. The van der Waals surface area contributed by atoms with Crippen LogP contribution < -0.4 is 15.8 Å². The molecule has 1 atom stereocenters. The Morgan fingerprint density at radius 1 is 1.38 bits per heavy atom. The summed E-state index contributed by atoms with van der Waals surface area (Å²) in [5, 5.41) is 3.09. The van der Waals surface area contributed by atoms with Gasteiger partial charge in [-0.05, 0) is 25.1 Å². The second kappa shape index (κ2) is 7.75. The summed E-state index contributed by atoms with van der Waals surface area (Å²) in [6.07, 6.45) is 5.97. The molecule has 0 aliphatic rings. The first-order chi connectivity index (χ1) is 7.83. The third-order valence-corrected chi connectivity index (χ3v) is 2.13. The lowest BCUT2D eigenvalue weighted by atomic mass is 10.2. The SMILES string of the molecule is C#CCNCCC(N)COc1ccccc1. The summed E-state index contributed by atoms with van der Waals surface area (Å²) in [5.74, 6) is 3.37. The quantitative estimate of drug-likeness (QED) is 0.530. The minimum Gasteiger partial charge on any atom is -0.492 e. The molecule has 0 heterocycles. The normalized spacial score (nSPS) is 11.8. The van der Waals surface area contributed by atoms with Crippen LogP contribution in [0.15, 0.2) is 30.3 Å². The third kappa shape index (κ3) is 5.40. The Balaban J connectivity index is 2.11. The molecule has 0 saturated carbocycles. The fraction of sp³-hybridized carbons (Fsp3) is 0.385. The molecule has 0 fully saturated rings. The number of nitrogens with one attached hydrogen (secondary N) is 1. The Labute approximate surface area is 97.0 Å². The van der Waals surface area contributed by atoms with Gasteiger partial charge in [-0.2, -0.15) is 0 Å². The van der Waals surface area contributed by atoms with E-state index in [-0.39, 0.29) is 6.04 Å². The summed E-state index contributed by atoms with van der Waals surface area (Å²) in [6, 6.07) is 9.71. The van der Waals surface area contributed by atoms with Crippen molar-refractivity contribution < 1.29 is 4.74 Å². The van der Waals surface area contributed by atoms with Gasteiger partial charge in [0.1, 0.15) is 12.4 Å². The van der Waals surface area contributed by atoms with Crippen LogP contribution >= 0.6 is 0 Å². The van der Waals surface area contributed by atoms with Crippen LogP contribution in [-0.2, 0) is 0 Å². The average Bonchev–Trinajstić information content (AvgIpc) is 2.33. The molecule has 1 aromatic carbocycles. The number of nitrogens with two attached hydrogens (primary N) is 1. The van der Waals surface area contributed by atoms with E-state index >= 15 is 0 Å². The summed E-state index contributed by atoms with van der Waals surface area (Å²) in [5.41, 5.74) is 5.89. The molecular weight excluding hydrogens is 200 g/mol. The van der Waals surface area contributed by atoms with Gasteiger partial charge in [-0.3, -0.25) is 0 Å². The van der Waals surface area contributed by atoms with Gasteiger partial charge in [-0.15, -0.1) is 6.42 Å². The van der Waals surface area contributed by atoms with Crippen molar-refractivity contribution in [3.63, 3.8) is 0 Å². The summed E-state index contributed by atoms with van der Waals surface area (Å²) in [6.45, 7) is 1.94. The van der Waals surface area contributed by atoms with Crippen molar-refractivity contribution >= 4 is 0 Å². The minimum absolute atomic E-state index is 0.0329. The predicted octanol–water partition coefficient (Wildman–Crippen LogP) is 1.01. The zero-order chi connectivity index (χ0) is 11.6. The van der Waals surface area contributed by atoms with Gasteiger partial charge < -0.3 is 15.8 Å². The van der Waals surface area contributed by atoms with E-state index in [0.717, 1.165) is 18.7 Å². The first-order valence-corrected chi connectivity index (χ1v) is 5.40. The Morgan fingerprint density at radius 2 is 2.12 bits per heavy atom. The highest BCUT2D eigenvalue weighted by Gasteiger charge is 2.02. The van der Waals surface area contributed by atoms with Crippen LogP contribution in [0.5, 0.6) is 5.75 Å². The average molecular weight is 218 g/mol. The largest absolute Gasteiger partial charge is 0.492 e. The van der Waals surface area contributed by atoms with Gasteiger partial charge in [0, 0.05) is 6.04 Å². The first kappa shape index (κ1) is 12.6. The molecular formula is C13H18N2O. The molecule has 86 valence electrons. The van der Waals surface area contributed by atoms with Crippen LogP contribution in [0.2, 0.25) is 0 Å². The predicted molar refractivity (Wildman–Crippen MR) is 66.2 cm³/mol. The van der Waals surface area contributed by atoms with Crippen molar-refractivity contribution in [1.29, 1.82) is 0 Å². The molecule has 0 aromatic heterocycles.